The van der Waals surface area contributed by atoms with E-state index in [0.717, 1.165) is 22.7 Å². The average Bonchev–Trinajstić information content (AvgIpc) is 2.46. The summed E-state index contributed by atoms with van der Waals surface area (Å²) in [5, 5.41) is 0. The van der Waals surface area contributed by atoms with Crippen LogP contribution in [-0.2, 0) is 6.61 Å². The van der Waals surface area contributed by atoms with Crippen molar-refractivity contribution in [2.45, 2.75) is 26.4 Å². The van der Waals surface area contributed by atoms with E-state index in [4.69, 9.17) is 15.2 Å². The van der Waals surface area contributed by atoms with Crippen molar-refractivity contribution < 1.29 is 9.47 Å². The van der Waals surface area contributed by atoms with Crippen LogP contribution >= 0.6 is 0 Å². The maximum atomic E-state index is 5.79. The van der Waals surface area contributed by atoms with Gasteiger partial charge in [0.05, 0.1) is 7.11 Å². The van der Waals surface area contributed by atoms with E-state index < -0.39 is 0 Å². The first kappa shape index (κ1) is 14.3. The number of anilines is 1. The molecule has 0 aliphatic carbocycles. The van der Waals surface area contributed by atoms with E-state index >= 15 is 0 Å². The monoisotopic (exact) mass is 271 g/mol. The minimum absolute atomic E-state index is 0.480. The van der Waals surface area contributed by atoms with Crippen molar-refractivity contribution in [3.63, 3.8) is 0 Å². The molecule has 0 fully saturated rings. The molecule has 3 heteroatoms. The van der Waals surface area contributed by atoms with Crippen molar-refractivity contribution in [2.75, 3.05) is 12.8 Å². The molecular weight excluding hydrogens is 250 g/mol. The van der Waals surface area contributed by atoms with Crippen molar-refractivity contribution in [3.8, 4) is 11.5 Å². The predicted molar refractivity (Wildman–Crippen MR) is 82.3 cm³/mol. The van der Waals surface area contributed by atoms with Crippen molar-refractivity contribution in [1.82, 2.24) is 0 Å². The smallest absolute Gasteiger partial charge is 0.125 e. The van der Waals surface area contributed by atoms with Gasteiger partial charge in [-0.2, -0.15) is 0 Å². The van der Waals surface area contributed by atoms with Gasteiger partial charge in [-0.05, 0) is 47.9 Å². The van der Waals surface area contributed by atoms with Crippen LogP contribution in [0.15, 0.2) is 42.5 Å². The molecule has 3 nitrogen and oxygen atoms in total. The highest BCUT2D eigenvalue weighted by molar-refractivity contribution is 5.42. The summed E-state index contributed by atoms with van der Waals surface area (Å²) in [6, 6.07) is 13.6. The molecule has 0 radical (unpaired) electrons. The number of nitrogen functional groups attached to an aromatic ring is 1. The zero-order valence-corrected chi connectivity index (χ0v) is 12.2. The number of methoxy groups -OCH3 is 1. The Hall–Kier alpha value is -2.16. The van der Waals surface area contributed by atoms with Crippen LogP contribution in [0.5, 0.6) is 11.5 Å². The minimum Gasteiger partial charge on any atom is -0.496 e. The molecule has 0 aromatic heterocycles. The highest BCUT2D eigenvalue weighted by Crippen LogP contribution is 2.25. The zero-order chi connectivity index (χ0) is 14.5. The fourth-order valence-electron chi connectivity index (χ4n) is 2.00. The third kappa shape index (κ3) is 3.44. The Labute approximate surface area is 120 Å². The first-order valence-corrected chi connectivity index (χ1v) is 6.75. The van der Waals surface area contributed by atoms with Gasteiger partial charge in [-0.15, -0.1) is 0 Å². The Morgan fingerprint density at radius 1 is 1.05 bits per heavy atom. The predicted octanol–water partition coefficient (Wildman–Crippen LogP) is 3.98. The van der Waals surface area contributed by atoms with Crippen LogP contribution in [-0.4, -0.2) is 7.11 Å². The molecule has 2 rings (SSSR count). The molecular formula is C17H21NO2. The van der Waals surface area contributed by atoms with Gasteiger partial charge in [0.1, 0.15) is 18.1 Å². The number of nitrogens with two attached hydrogens (primary N) is 1. The number of hydrogen-bond donors (Lipinski definition) is 1. The van der Waals surface area contributed by atoms with Gasteiger partial charge in [0.25, 0.3) is 0 Å². The minimum atomic E-state index is 0.480. The van der Waals surface area contributed by atoms with Crippen LogP contribution in [0.25, 0.3) is 0 Å². The fraction of sp³-hybridized carbons (Fsp3) is 0.294. The molecule has 0 bridgehead atoms. The maximum Gasteiger partial charge on any atom is 0.125 e. The summed E-state index contributed by atoms with van der Waals surface area (Å²) in [5.74, 6) is 2.14. The molecule has 0 heterocycles. The molecule has 0 saturated carbocycles. The largest absolute Gasteiger partial charge is 0.496 e. The standard InChI is InChI=1S/C17H21NO2/c1-12(2)13-4-9-17(19-3)14(10-13)11-20-16-7-5-15(18)6-8-16/h4-10,12H,11,18H2,1-3H3. The molecule has 0 atom stereocenters. The number of ether oxygens (including phenoxy) is 2. The van der Waals surface area contributed by atoms with Gasteiger partial charge in [0.15, 0.2) is 0 Å². The van der Waals surface area contributed by atoms with E-state index in [0.29, 0.717) is 12.5 Å². The van der Waals surface area contributed by atoms with E-state index in [1.807, 2.05) is 30.3 Å². The van der Waals surface area contributed by atoms with Gasteiger partial charge in [-0.3, -0.25) is 0 Å². The third-order valence-electron chi connectivity index (χ3n) is 3.25. The van der Waals surface area contributed by atoms with E-state index in [2.05, 4.69) is 26.0 Å². The quantitative estimate of drug-likeness (QED) is 0.836. The zero-order valence-electron chi connectivity index (χ0n) is 12.2. The summed E-state index contributed by atoms with van der Waals surface area (Å²) < 4.78 is 11.2. The molecule has 0 amide bonds. The maximum absolute atomic E-state index is 5.79. The molecule has 2 aromatic carbocycles. The van der Waals surface area contributed by atoms with Crippen molar-refractivity contribution in [1.29, 1.82) is 0 Å². The Morgan fingerprint density at radius 2 is 1.75 bits per heavy atom. The van der Waals surface area contributed by atoms with Crippen molar-refractivity contribution in [3.05, 3.63) is 53.6 Å². The lowest BCUT2D eigenvalue weighted by molar-refractivity contribution is 0.296. The van der Waals surface area contributed by atoms with Gasteiger partial charge in [-0.1, -0.05) is 19.9 Å². The van der Waals surface area contributed by atoms with Gasteiger partial charge in [0, 0.05) is 11.3 Å². The Kier molecular flexibility index (Phi) is 4.51. The van der Waals surface area contributed by atoms with Gasteiger partial charge in [-0.25, -0.2) is 0 Å². The molecule has 106 valence electrons. The molecule has 20 heavy (non-hydrogen) atoms. The summed E-state index contributed by atoms with van der Waals surface area (Å²) in [5.41, 5.74) is 8.72. The second-order valence-electron chi connectivity index (χ2n) is 5.08. The van der Waals surface area contributed by atoms with Crippen LogP contribution in [0.4, 0.5) is 5.69 Å². The number of rotatable bonds is 5. The Balaban J connectivity index is 2.14. The van der Waals surface area contributed by atoms with Gasteiger partial charge >= 0.3 is 0 Å². The summed E-state index contributed by atoms with van der Waals surface area (Å²) in [4.78, 5) is 0. The van der Waals surface area contributed by atoms with Crippen LogP contribution in [0.3, 0.4) is 0 Å². The van der Waals surface area contributed by atoms with Crippen molar-refractivity contribution >= 4 is 5.69 Å². The summed E-state index contributed by atoms with van der Waals surface area (Å²) >= 11 is 0. The molecule has 0 aliphatic heterocycles. The highest BCUT2D eigenvalue weighted by Gasteiger charge is 2.07. The van der Waals surface area contributed by atoms with E-state index in [1.54, 1.807) is 7.11 Å². The van der Waals surface area contributed by atoms with Crippen LogP contribution < -0.4 is 15.2 Å². The molecule has 0 aliphatic rings. The van der Waals surface area contributed by atoms with Gasteiger partial charge in [0.2, 0.25) is 0 Å². The summed E-state index contributed by atoms with van der Waals surface area (Å²) in [7, 11) is 1.68. The lowest BCUT2D eigenvalue weighted by Gasteiger charge is -2.13. The first-order chi connectivity index (χ1) is 9.60. The number of hydrogen-bond acceptors (Lipinski definition) is 3. The van der Waals surface area contributed by atoms with Crippen molar-refractivity contribution in [2.24, 2.45) is 0 Å². The topological polar surface area (TPSA) is 44.5 Å². The van der Waals surface area contributed by atoms with E-state index in [-0.39, 0.29) is 0 Å². The lowest BCUT2D eigenvalue weighted by atomic mass is 10.0. The van der Waals surface area contributed by atoms with Gasteiger partial charge < -0.3 is 15.2 Å². The van der Waals surface area contributed by atoms with Crippen LogP contribution in [0.2, 0.25) is 0 Å². The first-order valence-electron chi connectivity index (χ1n) is 6.75. The van der Waals surface area contributed by atoms with Crippen LogP contribution in [0, 0.1) is 0 Å². The molecule has 2 aromatic rings. The Bertz CT molecular complexity index is 562. The fourth-order valence-corrected chi connectivity index (χ4v) is 2.00. The van der Waals surface area contributed by atoms with Crippen LogP contribution in [0.1, 0.15) is 30.9 Å². The molecule has 2 N–H and O–H groups in total. The van der Waals surface area contributed by atoms with E-state index in [9.17, 15) is 0 Å². The second kappa shape index (κ2) is 6.33. The third-order valence-corrected chi connectivity index (χ3v) is 3.25. The highest BCUT2D eigenvalue weighted by atomic mass is 16.5. The normalized spacial score (nSPS) is 10.6. The van der Waals surface area contributed by atoms with E-state index in [1.165, 1.54) is 5.56 Å². The average molecular weight is 271 g/mol. The second-order valence-corrected chi connectivity index (χ2v) is 5.08. The molecule has 0 spiro atoms. The number of benzene rings is 2. The SMILES string of the molecule is COc1ccc(C(C)C)cc1COc1ccc(N)cc1. The molecule has 0 unspecified atom stereocenters. The molecule has 0 saturated heterocycles. The summed E-state index contributed by atoms with van der Waals surface area (Å²) in [6.45, 7) is 4.83. The lowest BCUT2D eigenvalue weighted by Crippen LogP contribution is -2.01. The Morgan fingerprint density at radius 3 is 2.35 bits per heavy atom. The summed E-state index contributed by atoms with van der Waals surface area (Å²) in [6.07, 6.45) is 0.